The van der Waals surface area contributed by atoms with E-state index in [1.807, 2.05) is 0 Å². The summed E-state index contributed by atoms with van der Waals surface area (Å²) in [6.07, 6.45) is 11.4. The molecule has 0 aromatic heterocycles. The summed E-state index contributed by atoms with van der Waals surface area (Å²) < 4.78 is 1.31. The summed E-state index contributed by atoms with van der Waals surface area (Å²) in [6, 6.07) is 6.58. The summed E-state index contributed by atoms with van der Waals surface area (Å²) in [4.78, 5) is 0. The molecule has 0 bridgehead atoms. The van der Waals surface area contributed by atoms with E-state index in [0.29, 0.717) is 5.41 Å². The molecule has 0 unspecified atom stereocenters. The van der Waals surface area contributed by atoms with Crippen molar-refractivity contribution in [1.29, 1.82) is 0 Å². The first-order valence-corrected chi connectivity index (χ1v) is 6.57. The van der Waals surface area contributed by atoms with E-state index in [0.717, 1.165) is 0 Å². The Balaban J connectivity index is 2.21. The molecule has 0 amide bonds. The highest BCUT2D eigenvalue weighted by molar-refractivity contribution is 9.10. The van der Waals surface area contributed by atoms with Gasteiger partial charge in [-0.2, -0.15) is 0 Å². The van der Waals surface area contributed by atoms with E-state index < -0.39 is 0 Å². The molecule has 3 rings (SSSR count). The third-order valence-electron chi connectivity index (χ3n) is 3.94. The van der Waals surface area contributed by atoms with Crippen molar-refractivity contribution in [2.24, 2.45) is 0 Å². The van der Waals surface area contributed by atoms with Crippen molar-refractivity contribution in [3.05, 3.63) is 39.9 Å². The zero-order chi connectivity index (χ0) is 10.3. The minimum atomic E-state index is 0.462. The molecule has 0 aliphatic heterocycles. The van der Waals surface area contributed by atoms with Crippen LogP contribution in [0.5, 0.6) is 0 Å². The summed E-state index contributed by atoms with van der Waals surface area (Å²) in [5.74, 6) is 0. The molecule has 1 fully saturated rings. The van der Waals surface area contributed by atoms with E-state index >= 15 is 0 Å². The van der Waals surface area contributed by atoms with Crippen molar-refractivity contribution in [2.45, 2.75) is 37.5 Å². The highest BCUT2D eigenvalue weighted by atomic mass is 79.9. The van der Waals surface area contributed by atoms with Crippen LogP contribution in [0.15, 0.2) is 28.7 Å². The summed E-state index contributed by atoms with van der Waals surface area (Å²) in [5, 5.41) is 0. The maximum atomic E-state index is 3.73. The van der Waals surface area contributed by atoms with E-state index in [2.05, 4.69) is 46.3 Å². The smallest absolute Gasteiger partial charge is 0.0219 e. The monoisotopic (exact) mass is 262 g/mol. The molecule has 2 aliphatic rings. The van der Waals surface area contributed by atoms with Crippen LogP contribution in [0.1, 0.15) is 43.2 Å². The lowest BCUT2D eigenvalue weighted by Gasteiger charge is -2.34. The Morgan fingerprint density at radius 3 is 2.73 bits per heavy atom. The van der Waals surface area contributed by atoms with Crippen molar-refractivity contribution in [3.8, 4) is 0 Å². The first-order valence-electron chi connectivity index (χ1n) is 5.77. The van der Waals surface area contributed by atoms with Crippen molar-refractivity contribution in [2.75, 3.05) is 0 Å². The van der Waals surface area contributed by atoms with E-state index in [-0.39, 0.29) is 0 Å². The van der Waals surface area contributed by atoms with Crippen molar-refractivity contribution in [1.82, 2.24) is 0 Å². The zero-order valence-corrected chi connectivity index (χ0v) is 10.4. The van der Waals surface area contributed by atoms with Crippen LogP contribution in [0.25, 0.3) is 6.08 Å². The minimum absolute atomic E-state index is 0.462. The molecular weight excluding hydrogens is 248 g/mol. The van der Waals surface area contributed by atoms with Gasteiger partial charge in [0.1, 0.15) is 0 Å². The largest absolute Gasteiger partial charge is 0.0830 e. The summed E-state index contributed by atoms with van der Waals surface area (Å²) in [7, 11) is 0. The molecule has 1 aromatic rings. The molecule has 0 radical (unpaired) electrons. The van der Waals surface area contributed by atoms with Gasteiger partial charge in [0.2, 0.25) is 0 Å². The number of allylic oxidation sites excluding steroid dienone is 1. The molecule has 0 nitrogen and oxygen atoms in total. The molecule has 1 spiro atoms. The van der Waals surface area contributed by atoms with Crippen molar-refractivity contribution >= 4 is 22.0 Å². The number of halogens is 1. The molecule has 0 heterocycles. The van der Waals surface area contributed by atoms with Gasteiger partial charge in [-0.3, -0.25) is 0 Å². The number of hydrogen-bond acceptors (Lipinski definition) is 0. The fraction of sp³-hybridized carbons (Fsp3) is 0.429. The maximum absolute atomic E-state index is 3.73. The number of benzene rings is 1. The van der Waals surface area contributed by atoms with Gasteiger partial charge in [0.25, 0.3) is 0 Å². The van der Waals surface area contributed by atoms with Gasteiger partial charge >= 0.3 is 0 Å². The van der Waals surface area contributed by atoms with Crippen LogP contribution >= 0.6 is 15.9 Å². The van der Waals surface area contributed by atoms with E-state index in [1.54, 1.807) is 5.56 Å². The Morgan fingerprint density at radius 2 is 1.93 bits per heavy atom. The third kappa shape index (κ3) is 1.40. The number of fused-ring (bicyclic) bond motifs is 2. The Labute approximate surface area is 99.5 Å². The van der Waals surface area contributed by atoms with Crippen LogP contribution < -0.4 is 0 Å². The average Bonchev–Trinajstić information content (AvgIpc) is 2.67. The summed E-state index contributed by atoms with van der Waals surface area (Å²) >= 11 is 3.73. The quantitative estimate of drug-likeness (QED) is 0.637. The second kappa shape index (κ2) is 3.48. The Bertz CT molecular complexity index is 411. The van der Waals surface area contributed by atoms with Gasteiger partial charge in [-0.15, -0.1) is 0 Å². The van der Waals surface area contributed by atoms with Crippen LogP contribution in [0.2, 0.25) is 0 Å². The zero-order valence-electron chi connectivity index (χ0n) is 8.80. The lowest BCUT2D eigenvalue weighted by Crippen LogP contribution is -2.24. The summed E-state index contributed by atoms with van der Waals surface area (Å²) in [6.45, 7) is 0. The van der Waals surface area contributed by atoms with E-state index in [4.69, 9.17) is 0 Å². The molecular formula is C14H15Br. The molecule has 0 N–H and O–H groups in total. The predicted octanol–water partition coefficient (Wildman–Crippen LogP) is 4.68. The topological polar surface area (TPSA) is 0 Å². The van der Waals surface area contributed by atoms with E-state index in [1.165, 1.54) is 42.1 Å². The first-order chi connectivity index (χ1) is 7.32. The number of rotatable bonds is 0. The van der Waals surface area contributed by atoms with Crippen LogP contribution in [0.4, 0.5) is 0 Å². The molecule has 0 atom stereocenters. The second-order valence-corrected chi connectivity index (χ2v) is 5.65. The van der Waals surface area contributed by atoms with Gasteiger partial charge in [0.15, 0.2) is 0 Å². The average molecular weight is 263 g/mol. The molecule has 1 saturated carbocycles. The molecule has 1 heteroatoms. The lowest BCUT2D eigenvalue weighted by molar-refractivity contribution is 0.440. The fourth-order valence-corrected chi connectivity index (χ4v) is 4.06. The highest BCUT2D eigenvalue weighted by Crippen LogP contribution is 2.50. The summed E-state index contributed by atoms with van der Waals surface area (Å²) in [5.41, 5.74) is 3.46. The fourth-order valence-electron chi connectivity index (χ4n) is 3.26. The van der Waals surface area contributed by atoms with Gasteiger partial charge < -0.3 is 0 Å². The Hall–Kier alpha value is -0.560. The van der Waals surface area contributed by atoms with E-state index in [9.17, 15) is 0 Å². The van der Waals surface area contributed by atoms with Crippen molar-refractivity contribution in [3.63, 3.8) is 0 Å². The van der Waals surface area contributed by atoms with Crippen molar-refractivity contribution < 1.29 is 0 Å². The second-order valence-electron chi connectivity index (χ2n) is 4.80. The van der Waals surface area contributed by atoms with Gasteiger partial charge in [0, 0.05) is 9.89 Å². The van der Waals surface area contributed by atoms with Gasteiger partial charge in [-0.25, -0.2) is 0 Å². The van der Waals surface area contributed by atoms with Gasteiger partial charge in [-0.05, 0) is 36.5 Å². The van der Waals surface area contributed by atoms with Crippen LogP contribution in [0, 0.1) is 0 Å². The van der Waals surface area contributed by atoms with Gasteiger partial charge in [-0.1, -0.05) is 53.1 Å². The minimum Gasteiger partial charge on any atom is -0.0830 e. The molecule has 1 aromatic carbocycles. The first kappa shape index (κ1) is 9.65. The van der Waals surface area contributed by atoms with Crippen LogP contribution in [0.3, 0.4) is 0 Å². The molecule has 15 heavy (non-hydrogen) atoms. The molecule has 0 saturated heterocycles. The predicted molar refractivity (Wildman–Crippen MR) is 67.9 cm³/mol. The highest BCUT2D eigenvalue weighted by Gasteiger charge is 2.38. The normalized spacial score (nSPS) is 21.9. The van der Waals surface area contributed by atoms with Gasteiger partial charge in [0.05, 0.1) is 0 Å². The standard InChI is InChI=1S/C14H15Br/c15-12-7-3-5-11-6-4-10-14(13(11)12)8-1-2-9-14/h3-7H,1-2,8-10H2. The molecule has 2 aliphatic carbocycles. The molecule has 78 valence electrons. The lowest BCUT2D eigenvalue weighted by atomic mass is 9.71. The maximum Gasteiger partial charge on any atom is 0.0219 e. The Kier molecular flexibility index (Phi) is 2.24. The third-order valence-corrected chi connectivity index (χ3v) is 4.60. The SMILES string of the molecule is Brc1cccc2c1C1(CC=C2)CCCC1. The number of hydrogen-bond donors (Lipinski definition) is 0. The van der Waals surface area contributed by atoms with Crippen LogP contribution in [-0.2, 0) is 5.41 Å². The van der Waals surface area contributed by atoms with Crippen LogP contribution in [-0.4, -0.2) is 0 Å². The Morgan fingerprint density at radius 1 is 1.13 bits per heavy atom.